The molecule has 0 aliphatic carbocycles. The molecule has 2 aromatic carbocycles. The topological polar surface area (TPSA) is 93.7 Å². The van der Waals surface area contributed by atoms with Crippen LogP contribution in [-0.2, 0) is 16.1 Å². The van der Waals surface area contributed by atoms with Gasteiger partial charge in [-0.05, 0) is 56.7 Å². The molecule has 1 unspecified atom stereocenters. The molecule has 0 fully saturated rings. The molecule has 0 spiro atoms. The molecule has 0 radical (unpaired) electrons. The fraction of sp³-hybridized carbons (Fsp3) is 0.280. The number of benzene rings is 2. The highest BCUT2D eigenvalue weighted by molar-refractivity contribution is 7.99. The van der Waals surface area contributed by atoms with Gasteiger partial charge in [-0.3, -0.25) is 9.59 Å². The van der Waals surface area contributed by atoms with Crippen molar-refractivity contribution in [1.29, 1.82) is 0 Å². The second-order valence-electron chi connectivity index (χ2n) is 8.10. The smallest absolute Gasteiger partial charge is 0.246 e. The maximum absolute atomic E-state index is 13.3. The Morgan fingerprint density at radius 1 is 1.06 bits per heavy atom. The third-order valence-corrected chi connectivity index (χ3v) is 6.44. The van der Waals surface area contributed by atoms with Crippen LogP contribution < -0.4 is 14.8 Å². The number of hydrogen-bond donors (Lipinski definition) is 1. The van der Waals surface area contributed by atoms with Gasteiger partial charge in [-0.2, -0.15) is 0 Å². The quantitative estimate of drug-likeness (QED) is 0.347. The second kappa shape index (κ2) is 11.0. The van der Waals surface area contributed by atoms with Crippen LogP contribution in [0.4, 0.5) is 5.69 Å². The Kier molecular flexibility index (Phi) is 7.77. The average molecular weight is 513 g/mol. The summed E-state index contributed by atoms with van der Waals surface area (Å²) in [5, 5.41) is 4.00. The van der Waals surface area contributed by atoms with Crippen LogP contribution in [0.1, 0.15) is 23.9 Å². The van der Waals surface area contributed by atoms with E-state index in [0.717, 1.165) is 17.0 Å². The standard InChI is InChI=1S/C25H25ClN4O4S/c1-15-10-16(2)28-25(27-15)35-13-23(31)30(12-18-4-6-19(26)7-5-18)17(3)24(32)29-20-8-9-21-22(11-20)34-14-33-21/h4-11,17H,12-14H2,1-3H3,(H,29,32). The van der Waals surface area contributed by atoms with Crippen LogP contribution in [0.15, 0.2) is 53.7 Å². The SMILES string of the molecule is Cc1cc(C)nc(SCC(=O)N(Cc2ccc(Cl)cc2)C(C)C(=O)Nc2ccc3c(c2)OCO3)n1. The van der Waals surface area contributed by atoms with E-state index >= 15 is 0 Å². The minimum atomic E-state index is -0.746. The number of aryl methyl sites for hydroxylation is 2. The van der Waals surface area contributed by atoms with Gasteiger partial charge in [-0.1, -0.05) is 35.5 Å². The summed E-state index contributed by atoms with van der Waals surface area (Å²) in [6.07, 6.45) is 0. The summed E-state index contributed by atoms with van der Waals surface area (Å²) in [4.78, 5) is 36.8. The molecule has 1 N–H and O–H groups in total. The summed E-state index contributed by atoms with van der Waals surface area (Å²) in [5.74, 6) is 0.758. The van der Waals surface area contributed by atoms with Gasteiger partial charge >= 0.3 is 0 Å². The van der Waals surface area contributed by atoms with Gasteiger partial charge < -0.3 is 19.7 Å². The van der Waals surface area contributed by atoms with E-state index in [2.05, 4.69) is 15.3 Å². The number of ether oxygens (including phenoxy) is 2. The number of rotatable bonds is 8. The zero-order chi connectivity index (χ0) is 24.9. The summed E-state index contributed by atoms with van der Waals surface area (Å²) in [6, 6.07) is 13.5. The maximum atomic E-state index is 13.3. The predicted octanol–water partition coefficient (Wildman–Crippen LogP) is 4.62. The lowest BCUT2D eigenvalue weighted by molar-refractivity contribution is -0.136. The average Bonchev–Trinajstić information content (AvgIpc) is 3.29. The molecule has 0 saturated carbocycles. The van der Waals surface area contributed by atoms with E-state index in [1.54, 1.807) is 42.2 Å². The number of nitrogens with one attached hydrogen (secondary N) is 1. The van der Waals surface area contributed by atoms with Crippen LogP contribution in [0.3, 0.4) is 0 Å². The van der Waals surface area contributed by atoms with Crippen molar-refractivity contribution in [2.75, 3.05) is 17.9 Å². The van der Waals surface area contributed by atoms with Gasteiger partial charge in [0.15, 0.2) is 16.7 Å². The Morgan fingerprint density at radius 3 is 2.46 bits per heavy atom. The zero-order valence-corrected chi connectivity index (χ0v) is 21.2. The molecule has 182 valence electrons. The minimum Gasteiger partial charge on any atom is -0.454 e. The fourth-order valence-electron chi connectivity index (χ4n) is 3.56. The van der Waals surface area contributed by atoms with Gasteiger partial charge in [0.05, 0.1) is 5.75 Å². The van der Waals surface area contributed by atoms with Crippen molar-refractivity contribution >= 4 is 40.9 Å². The van der Waals surface area contributed by atoms with Crippen molar-refractivity contribution in [2.45, 2.75) is 38.5 Å². The summed E-state index contributed by atoms with van der Waals surface area (Å²) in [7, 11) is 0. The summed E-state index contributed by atoms with van der Waals surface area (Å²) >= 11 is 7.26. The largest absolute Gasteiger partial charge is 0.454 e. The molecule has 4 rings (SSSR count). The second-order valence-corrected chi connectivity index (χ2v) is 9.48. The lowest BCUT2D eigenvalue weighted by Crippen LogP contribution is -2.46. The predicted molar refractivity (Wildman–Crippen MR) is 135 cm³/mol. The van der Waals surface area contributed by atoms with Crippen LogP contribution in [-0.4, -0.2) is 45.3 Å². The monoisotopic (exact) mass is 512 g/mol. The van der Waals surface area contributed by atoms with Crippen LogP contribution in [0.2, 0.25) is 5.02 Å². The molecule has 3 aromatic rings. The van der Waals surface area contributed by atoms with Crippen molar-refractivity contribution in [3.8, 4) is 11.5 Å². The first-order chi connectivity index (χ1) is 16.8. The lowest BCUT2D eigenvalue weighted by atomic mass is 10.1. The minimum absolute atomic E-state index is 0.0954. The first kappa shape index (κ1) is 24.8. The number of thioether (sulfide) groups is 1. The molecule has 10 heteroatoms. The van der Waals surface area contributed by atoms with Gasteiger partial charge in [0.1, 0.15) is 6.04 Å². The third-order valence-electron chi connectivity index (χ3n) is 5.36. The Bertz CT molecular complexity index is 1220. The molecule has 1 aliphatic heterocycles. The Balaban J connectivity index is 1.49. The third kappa shape index (κ3) is 6.43. The first-order valence-corrected chi connectivity index (χ1v) is 12.3. The lowest BCUT2D eigenvalue weighted by Gasteiger charge is -2.28. The summed E-state index contributed by atoms with van der Waals surface area (Å²) < 4.78 is 10.7. The van der Waals surface area contributed by atoms with Crippen molar-refractivity contribution < 1.29 is 19.1 Å². The van der Waals surface area contributed by atoms with Gasteiger partial charge in [-0.25, -0.2) is 9.97 Å². The summed E-state index contributed by atoms with van der Waals surface area (Å²) in [5.41, 5.74) is 3.09. The number of halogens is 1. The number of fused-ring (bicyclic) bond motifs is 1. The molecular formula is C25H25ClN4O4S. The number of carbonyl (C=O) groups excluding carboxylic acids is 2. The summed E-state index contributed by atoms with van der Waals surface area (Å²) in [6.45, 7) is 5.87. The molecule has 2 heterocycles. The van der Waals surface area contributed by atoms with Crippen molar-refractivity contribution in [2.24, 2.45) is 0 Å². The molecule has 1 atom stereocenters. The van der Waals surface area contributed by atoms with E-state index in [4.69, 9.17) is 21.1 Å². The Hall–Kier alpha value is -3.30. The molecule has 2 amide bonds. The van der Waals surface area contributed by atoms with E-state index in [1.165, 1.54) is 11.8 Å². The van der Waals surface area contributed by atoms with Crippen molar-refractivity contribution in [1.82, 2.24) is 14.9 Å². The van der Waals surface area contributed by atoms with E-state index < -0.39 is 6.04 Å². The number of amides is 2. The van der Waals surface area contributed by atoms with Crippen LogP contribution in [0, 0.1) is 13.8 Å². The Morgan fingerprint density at radius 2 is 1.74 bits per heavy atom. The molecule has 0 bridgehead atoms. The number of hydrogen-bond acceptors (Lipinski definition) is 7. The number of aromatic nitrogens is 2. The van der Waals surface area contributed by atoms with Gasteiger partial charge in [-0.15, -0.1) is 0 Å². The molecule has 0 saturated heterocycles. The first-order valence-electron chi connectivity index (χ1n) is 11.0. The van der Waals surface area contributed by atoms with E-state index in [9.17, 15) is 9.59 Å². The van der Waals surface area contributed by atoms with Gasteiger partial charge in [0.2, 0.25) is 18.6 Å². The van der Waals surface area contributed by atoms with E-state index in [-0.39, 0.29) is 30.9 Å². The van der Waals surface area contributed by atoms with E-state index in [0.29, 0.717) is 27.4 Å². The fourth-order valence-corrected chi connectivity index (χ4v) is 4.52. The van der Waals surface area contributed by atoms with Crippen LogP contribution in [0.5, 0.6) is 11.5 Å². The van der Waals surface area contributed by atoms with Crippen molar-refractivity contribution in [3.05, 3.63) is 70.5 Å². The molecule has 1 aromatic heterocycles. The Labute approximate surface area is 213 Å². The number of anilines is 1. The van der Waals surface area contributed by atoms with Crippen LogP contribution in [0.25, 0.3) is 0 Å². The molecule has 8 nitrogen and oxygen atoms in total. The zero-order valence-electron chi connectivity index (χ0n) is 19.6. The molecular weight excluding hydrogens is 488 g/mol. The number of nitrogens with zero attached hydrogens (tertiary/aromatic N) is 3. The normalized spacial score (nSPS) is 12.8. The highest BCUT2D eigenvalue weighted by atomic mass is 35.5. The van der Waals surface area contributed by atoms with Gasteiger partial charge in [0.25, 0.3) is 0 Å². The van der Waals surface area contributed by atoms with Gasteiger partial charge in [0, 0.05) is 34.7 Å². The maximum Gasteiger partial charge on any atom is 0.246 e. The van der Waals surface area contributed by atoms with E-state index in [1.807, 2.05) is 32.0 Å². The van der Waals surface area contributed by atoms with Crippen LogP contribution >= 0.6 is 23.4 Å². The molecule has 1 aliphatic rings. The number of carbonyl (C=O) groups is 2. The highest BCUT2D eigenvalue weighted by Gasteiger charge is 2.27. The highest BCUT2D eigenvalue weighted by Crippen LogP contribution is 2.34. The van der Waals surface area contributed by atoms with Crippen molar-refractivity contribution in [3.63, 3.8) is 0 Å². The molecule has 35 heavy (non-hydrogen) atoms.